The molecule has 0 bridgehead atoms. The standard InChI is InChI=1S/C30H27ClN4O4/c31-21-7-4-6-19(16-21)26(36)28(38)35-15-5-10-24-23(18-35)27(37)34-29(33-24)30(12-13-30)20-11-14-32-25(17-20)39-22-8-2-1-3-9-22/h1-4,6-9,11,14,16-17,26,36H,5,10,12-13,15,18H2,(H,33,34,37). The van der Waals surface area contributed by atoms with Gasteiger partial charge in [0.1, 0.15) is 11.6 Å². The number of rotatable bonds is 6. The maximum Gasteiger partial charge on any atom is 0.256 e. The number of carbonyl (C=O) groups excluding carboxylic acids is 1. The normalized spacial score (nSPS) is 16.6. The van der Waals surface area contributed by atoms with Gasteiger partial charge in [-0.3, -0.25) is 9.59 Å². The van der Waals surface area contributed by atoms with Gasteiger partial charge in [0, 0.05) is 23.8 Å². The number of aromatic nitrogens is 3. The summed E-state index contributed by atoms with van der Waals surface area (Å²) in [4.78, 5) is 40.3. The van der Waals surface area contributed by atoms with Crippen molar-refractivity contribution < 1.29 is 14.6 Å². The van der Waals surface area contributed by atoms with Crippen LogP contribution in [0.1, 0.15) is 53.6 Å². The summed E-state index contributed by atoms with van der Waals surface area (Å²) in [5.41, 5.74) is 1.90. The van der Waals surface area contributed by atoms with E-state index in [2.05, 4.69) is 9.97 Å². The lowest BCUT2D eigenvalue weighted by atomic mass is 9.95. The van der Waals surface area contributed by atoms with Gasteiger partial charge in [-0.1, -0.05) is 41.9 Å². The van der Waals surface area contributed by atoms with E-state index in [1.54, 1.807) is 30.5 Å². The molecule has 0 saturated heterocycles. The lowest BCUT2D eigenvalue weighted by molar-refractivity contribution is -0.141. The number of amides is 1. The number of para-hydroxylation sites is 1. The molecule has 0 radical (unpaired) electrons. The second-order valence-electron chi connectivity index (χ2n) is 10.0. The minimum Gasteiger partial charge on any atom is -0.439 e. The van der Waals surface area contributed by atoms with Crippen LogP contribution in [0.4, 0.5) is 0 Å². The minimum atomic E-state index is -1.36. The van der Waals surface area contributed by atoms with Crippen molar-refractivity contribution in [2.75, 3.05) is 6.54 Å². The number of aromatic amines is 1. The van der Waals surface area contributed by atoms with E-state index in [4.69, 9.17) is 21.3 Å². The molecule has 0 spiro atoms. The Morgan fingerprint density at radius 1 is 1.10 bits per heavy atom. The van der Waals surface area contributed by atoms with Crippen LogP contribution < -0.4 is 10.3 Å². The second-order valence-corrected chi connectivity index (χ2v) is 10.5. The number of nitrogens with one attached hydrogen (secondary N) is 1. The summed E-state index contributed by atoms with van der Waals surface area (Å²) >= 11 is 6.04. The fourth-order valence-electron chi connectivity index (χ4n) is 5.19. The van der Waals surface area contributed by atoms with Gasteiger partial charge < -0.3 is 19.7 Å². The minimum absolute atomic E-state index is 0.0890. The van der Waals surface area contributed by atoms with E-state index < -0.39 is 17.4 Å². The summed E-state index contributed by atoms with van der Waals surface area (Å²) in [5.74, 6) is 1.34. The SMILES string of the molecule is O=C(C(O)c1cccc(Cl)c1)N1CCCc2nc(C3(c4ccnc(Oc5ccccc5)c4)CC3)[nH]c(=O)c2C1. The first-order chi connectivity index (χ1) is 18.9. The number of hydrogen-bond donors (Lipinski definition) is 2. The van der Waals surface area contributed by atoms with E-state index in [0.29, 0.717) is 58.7 Å². The Hall–Kier alpha value is -4.01. The second kappa shape index (κ2) is 10.3. The van der Waals surface area contributed by atoms with Gasteiger partial charge in [-0.2, -0.15) is 0 Å². The monoisotopic (exact) mass is 542 g/mol. The average Bonchev–Trinajstić information content (AvgIpc) is 3.78. The molecule has 9 heteroatoms. The van der Waals surface area contributed by atoms with Crippen LogP contribution in [0.15, 0.2) is 77.7 Å². The zero-order valence-electron chi connectivity index (χ0n) is 21.1. The molecule has 198 valence electrons. The van der Waals surface area contributed by atoms with E-state index in [9.17, 15) is 14.7 Å². The fraction of sp³-hybridized carbons (Fsp3) is 0.267. The summed E-state index contributed by atoms with van der Waals surface area (Å²) in [6, 6.07) is 19.9. The molecule has 1 unspecified atom stereocenters. The Balaban J connectivity index is 1.26. The third-order valence-electron chi connectivity index (χ3n) is 7.46. The highest BCUT2D eigenvalue weighted by Crippen LogP contribution is 2.52. The number of aliphatic hydroxyl groups is 1. The number of aryl methyl sites for hydroxylation is 1. The lowest BCUT2D eigenvalue weighted by Gasteiger charge is -2.24. The first kappa shape index (κ1) is 25.3. The maximum absolute atomic E-state index is 13.4. The molecular formula is C30H27ClN4O4. The number of pyridine rings is 1. The van der Waals surface area contributed by atoms with Crippen LogP contribution in [-0.4, -0.2) is 37.4 Å². The topological polar surface area (TPSA) is 108 Å². The summed E-state index contributed by atoms with van der Waals surface area (Å²) in [5, 5.41) is 11.1. The van der Waals surface area contributed by atoms with Crippen LogP contribution in [0.5, 0.6) is 11.6 Å². The third kappa shape index (κ3) is 5.05. The summed E-state index contributed by atoms with van der Waals surface area (Å²) in [7, 11) is 0. The molecule has 2 aliphatic rings. The van der Waals surface area contributed by atoms with E-state index >= 15 is 0 Å². The van der Waals surface area contributed by atoms with Crippen molar-refractivity contribution in [1.29, 1.82) is 0 Å². The van der Waals surface area contributed by atoms with Crippen molar-refractivity contribution in [3.63, 3.8) is 0 Å². The van der Waals surface area contributed by atoms with E-state index in [-0.39, 0.29) is 12.1 Å². The summed E-state index contributed by atoms with van der Waals surface area (Å²) < 4.78 is 5.93. The number of carbonyl (C=O) groups is 1. The number of nitrogens with zero attached hydrogens (tertiary/aromatic N) is 3. The van der Waals surface area contributed by atoms with Gasteiger partial charge in [-0.15, -0.1) is 0 Å². The first-order valence-corrected chi connectivity index (χ1v) is 13.3. The summed E-state index contributed by atoms with van der Waals surface area (Å²) in [6.07, 6.45) is 3.25. The molecule has 1 amide bonds. The predicted molar refractivity (Wildman–Crippen MR) is 146 cm³/mol. The first-order valence-electron chi connectivity index (χ1n) is 13.0. The molecule has 1 aliphatic carbocycles. The van der Waals surface area contributed by atoms with Gasteiger partial charge in [-0.25, -0.2) is 9.97 Å². The Bertz CT molecular complexity index is 1590. The van der Waals surface area contributed by atoms with Gasteiger partial charge >= 0.3 is 0 Å². The molecule has 3 heterocycles. The molecule has 2 N–H and O–H groups in total. The number of hydrogen-bond acceptors (Lipinski definition) is 6. The molecule has 6 rings (SSSR count). The van der Waals surface area contributed by atoms with Gasteiger partial charge in [0.05, 0.1) is 23.2 Å². The molecule has 1 aliphatic heterocycles. The van der Waals surface area contributed by atoms with Gasteiger partial charge in [0.25, 0.3) is 11.5 Å². The summed E-state index contributed by atoms with van der Waals surface area (Å²) in [6.45, 7) is 0.503. The van der Waals surface area contributed by atoms with Crippen molar-refractivity contribution in [3.05, 3.63) is 117 Å². The van der Waals surface area contributed by atoms with E-state index in [0.717, 1.165) is 18.4 Å². The van der Waals surface area contributed by atoms with Crippen molar-refractivity contribution in [3.8, 4) is 11.6 Å². The van der Waals surface area contributed by atoms with E-state index in [1.165, 1.54) is 4.90 Å². The van der Waals surface area contributed by atoms with Crippen LogP contribution in [-0.2, 0) is 23.2 Å². The fourth-order valence-corrected chi connectivity index (χ4v) is 5.39. The Labute approximate surface area is 230 Å². The lowest BCUT2D eigenvalue weighted by Crippen LogP contribution is -2.36. The highest BCUT2D eigenvalue weighted by molar-refractivity contribution is 6.30. The smallest absolute Gasteiger partial charge is 0.256 e. The number of halogens is 1. The van der Waals surface area contributed by atoms with Crippen LogP contribution >= 0.6 is 11.6 Å². The molecule has 4 aromatic rings. The molecule has 1 atom stereocenters. The number of H-pyrrole nitrogens is 1. The maximum atomic E-state index is 13.4. The highest BCUT2D eigenvalue weighted by Gasteiger charge is 2.49. The molecule has 39 heavy (non-hydrogen) atoms. The number of ether oxygens (including phenoxy) is 1. The predicted octanol–water partition coefficient (Wildman–Crippen LogP) is 4.70. The van der Waals surface area contributed by atoms with Gasteiger partial charge in [0.15, 0.2) is 6.10 Å². The molecule has 1 fully saturated rings. The zero-order valence-corrected chi connectivity index (χ0v) is 21.9. The molecule has 8 nitrogen and oxygen atoms in total. The number of aliphatic hydroxyl groups excluding tert-OH is 1. The van der Waals surface area contributed by atoms with Gasteiger partial charge in [-0.05, 0) is 67.1 Å². The largest absolute Gasteiger partial charge is 0.439 e. The number of fused-ring (bicyclic) bond motifs is 1. The van der Waals surface area contributed by atoms with Crippen molar-refractivity contribution in [2.24, 2.45) is 0 Å². The molecular weight excluding hydrogens is 516 g/mol. The van der Waals surface area contributed by atoms with Crippen LogP contribution in [0, 0.1) is 0 Å². The van der Waals surface area contributed by atoms with Crippen molar-refractivity contribution in [2.45, 2.75) is 43.7 Å². The Morgan fingerprint density at radius 3 is 2.69 bits per heavy atom. The average molecular weight is 543 g/mol. The Kier molecular flexibility index (Phi) is 6.66. The molecule has 2 aromatic carbocycles. The van der Waals surface area contributed by atoms with Crippen LogP contribution in [0.25, 0.3) is 0 Å². The highest BCUT2D eigenvalue weighted by atomic mass is 35.5. The van der Waals surface area contributed by atoms with Crippen molar-refractivity contribution >= 4 is 17.5 Å². The third-order valence-corrected chi connectivity index (χ3v) is 7.69. The van der Waals surface area contributed by atoms with Crippen molar-refractivity contribution in [1.82, 2.24) is 19.9 Å². The number of benzene rings is 2. The van der Waals surface area contributed by atoms with Crippen LogP contribution in [0.3, 0.4) is 0 Å². The molecule has 1 saturated carbocycles. The zero-order chi connectivity index (χ0) is 27.0. The molecule has 2 aromatic heterocycles. The Morgan fingerprint density at radius 2 is 1.92 bits per heavy atom. The van der Waals surface area contributed by atoms with Crippen LogP contribution in [0.2, 0.25) is 5.02 Å². The quantitative estimate of drug-likeness (QED) is 0.365. The van der Waals surface area contributed by atoms with E-state index in [1.807, 2.05) is 42.5 Å². The van der Waals surface area contributed by atoms with Gasteiger partial charge in [0.2, 0.25) is 5.88 Å².